The van der Waals surface area contributed by atoms with Crippen molar-refractivity contribution in [1.29, 1.82) is 0 Å². The summed E-state index contributed by atoms with van der Waals surface area (Å²) in [7, 11) is -2.98. The highest BCUT2D eigenvalue weighted by molar-refractivity contribution is 8.14. The Morgan fingerprint density at radius 2 is 1.92 bits per heavy atom. The molecule has 0 amide bonds. The number of hydrogen-bond donors (Lipinski definition) is 1. The molecule has 2 atom stereocenters. The largest absolute Gasteiger partial charge is 0.471 e. The van der Waals surface area contributed by atoms with Crippen LogP contribution in [0.5, 0.6) is 0 Å². The van der Waals surface area contributed by atoms with Crippen LogP contribution in [0.4, 0.5) is 0 Å². The molecule has 0 aromatic heterocycles. The standard InChI is InChI=1S/C17H27O6PS/c1-3-4-5-9-12-22-13-16(14-23-24(19,20)21-2)25-17(18)15-10-7-6-8-11-15/h6-8,10-11,16H,3-5,9,12-14H2,1-2H3,(H,19,20)/t16-/m0/s1. The van der Waals surface area contributed by atoms with Crippen LogP contribution in [-0.4, -0.2) is 42.2 Å². The number of carbonyl (C=O) groups is 1. The van der Waals surface area contributed by atoms with Gasteiger partial charge < -0.3 is 9.63 Å². The van der Waals surface area contributed by atoms with Crippen LogP contribution in [0.1, 0.15) is 43.0 Å². The predicted octanol–water partition coefficient (Wildman–Crippen LogP) is 4.29. The van der Waals surface area contributed by atoms with Crippen molar-refractivity contribution in [2.45, 2.75) is 37.9 Å². The Morgan fingerprint density at radius 3 is 2.56 bits per heavy atom. The fourth-order valence-corrected chi connectivity index (χ4v) is 3.44. The third kappa shape index (κ3) is 10.1. The molecule has 142 valence electrons. The zero-order chi connectivity index (χ0) is 18.5. The van der Waals surface area contributed by atoms with Crippen LogP contribution in [0.2, 0.25) is 0 Å². The van der Waals surface area contributed by atoms with E-state index in [1.165, 1.54) is 6.42 Å². The second kappa shape index (κ2) is 12.6. The molecule has 0 saturated heterocycles. The Bertz CT molecular complexity index is 539. The molecule has 0 saturated carbocycles. The van der Waals surface area contributed by atoms with E-state index in [0.29, 0.717) is 12.2 Å². The van der Waals surface area contributed by atoms with Crippen LogP contribution in [0.15, 0.2) is 30.3 Å². The number of unbranched alkanes of at least 4 members (excludes halogenated alkanes) is 3. The lowest BCUT2D eigenvalue weighted by Crippen LogP contribution is -2.21. The van der Waals surface area contributed by atoms with E-state index < -0.39 is 13.1 Å². The average Bonchev–Trinajstić information content (AvgIpc) is 2.63. The van der Waals surface area contributed by atoms with E-state index in [9.17, 15) is 14.3 Å². The maximum absolute atomic E-state index is 12.3. The summed E-state index contributed by atoms with van der Waals surface area (Å²) in [4.78, 5) is 21.7. The highest BCUT2D eigenvalue weighted by atomic mass is 32.2. The molecule has 0 heterocycles. The number of hydrogen-bond acceptors (Lipinski definition) is 6. The van der Waals surface area contributed by atoms with Crippen LogP contribution in [0.3, 0.4) is 0 Å². The predicted molar refractivity (Wildman–Crippen MR) is 99.9 cm³/mol. The molecule has 1 unspecified atom stereocenters. The van der Waals surface area contributed by atoms with Gasteiger partial charge >= 0.3 is 7.82 Å². The van der Waals surface area contributed by atoms with Crippen molar-refractivity contribution in [1.82, 2.24) is 0 Å². The lowest BCUT2D eigenvalue weighted by atomic mass is 10.2. The highest BCUT2D eigenvalue weighted by Crippen LogP contribution is 2.42. The van der Waals surface area contributed by atoms with Gasteiger partial charge in [0.25, 0.3) is 0 Å². The fraction of sp³-hybridized carbons (Fsp3) is 0.588. The van der Waals surface area contributed by atoms with Crippen molar-refractivity contribution >= 4 is 24.7 Å². The van der Waals surface area contributed by atoms with E-state index in [1.807, 2.05) is 6.07 Å². The third-order valence-corrected chi connectivity index (χ3v) is 5.38. The van der Waals surface area contributed by atoms with Crippen LogP contribution in [0, 0.1) is 0 Å². The molecule has 1 rings (SSSR count). The summed E-state index contributed by atoms with van der Waals surface area (Å²) >= 11 is 1.04. The lowest BCUT2D eigenvalue weighted by molar-refractivity contribution is 0.104. The first-order chi connectivity index (χ1) is 12.0. The number of phosphoric ester groups is 1. The first-order valence-corrected chi connectivity index (χ1v) is 10.7. The zero-order valence-corrected chi connectivity index (χ0v) is 16.5. The highest BCUT2D eigenvalue weighted by Gasteiger charge is 2.24. The van der Waals surface area contributed by atoms with Gasteiger partial charge in [-0.1, -0.05) is 68.3 Å². The van der Waals surface area contributed by atoms with Gasteiger partial charge in [-0.2, -0.15) is 0 Å². The number of phosphoric acid groups is 1. The van der Waals surface area contributed by atoms with Crippen LogP contribution >= 0.6 is 19.6 Å². The van der Waals surface area contributed by atoms with Gasteiger partial charge in [0.1, 0.15) is 0 Å². The summed E-state index contributed by atoms with van der Waals surface area (Å²) in [6.07, 6.45) is 4.37. The first-order valence-electron chi connectivity index (χ1n) is 8.35. The maximum Gasteiger partial charge on any atom is 0.471 e. The number of ether oxygens (including phenoxy) is 1. The van der Waals surface area contributed by atoms with E-state index in [0.717, 1.165) is 38.1 Å². The van der Waals surface area contributed by atoms with Crippen molar-refractivity contribution in [3.63, 3.8) is 0 Å². The van der Waals surface area contributed by atoms with Gasteiger partial charge in [-0.3, -0.25) is 13.8 Å². The maximum atomic E-state index is 12.3. The second-order valence-electron chi connectivity index (χ2n) is 5.48. The lowest BCUT2D eigenvalue weighted by Gasteiger charge is -2.17. The van der Waals surface area contributed by atoms with Crippen molar-refractivity contribution < 1.29 is 28.0 Å². The van der Waals surface area contributed by atoms with Gasteiger partial charge in [0.15, 0.2) is 0 Å². The Hall–Kier alpha value is -0.690. The minimum absolute atomic E-state index is 0.111. The van der Waals surface area contributed by atoms with Gasteiger partial charge in [-0.15, -0.1) is 0 Å². The van der Waals surface area contributed by atoms with E-state index in [1.54, 1.807) is 24.3 Å². The second-order valence-corrected chi connectivity index (χ2v) is 8.31. The fourth-order valence-electron chi connectivity index (χ4n) is 1.99. The quantitative estimate of drug-likeness (QED) is 0.397. The molecule has 1 aromatic carbocycles. The number of rotatable bonds is 13. The number of benzene rings is 1. The molecular formula is C17H27O6PS. The van der Waals surface area contributed by atoms with Crippen LogP contribution in [-0.2, 0) is 18.3 Å². The molecular weight excluding hydrogens is 363 g/mol. The van der Waals surface area contributed by atoms with E-state index in [4.69, 9.17) is 9.26 Å². The summed E-state index contributed by atoms with van der Waals surface area (Å²) in [6, 6.07) is 8.87. The number of carbonyl (C=O) groups excluding carboxylic acids is 1. The topological polar surface area (TPSA) is 82.1 Å². The first kappa shape index (κ1) is 22.4. The summed E-state index contributed by atoms with van der Waals surface area (Å²) in [5.41, 5.74) is 0.569. The van der Waals surface area contributed by atoms with Crippen molar-refractivity contribution in [2.75, 3.05) is 26.9 Å². The molecule has 0 spiro atoms. The summed E-state index contributed by atoms with van der Waals surface area (Å²) < 4.78 is 26.4. The molecule has 0 fully saturated rings. The van der Waals surface area contributed by atoms with Gasteiger partial charge in [0.2, 0.25) is 5.12 Å². The Kier molecular flexibility index (Phi) is 11.3. The molecule has 0 bridgehead atoms. The summed E-state index contributed by atoms with van der Waals surface area (Å²) in [5.74, 6) is 0. The monoisotopic (exact) mass is 390 g/mol. The van der Waals surface area contributed by atoms with E-state index in [2.05, 4.69) is 11.4 Å². The third-order valence-electron chi connectivity index (χ3n) is 3.38. The smallest absolute Gasteiger partial charge is 0.380 e. The van der Waals surface area contributed by atoms with Gasteiger partial charge in [0.05, 0.1) is 18.5 Å². The van der Waals surface area contributed by atoms with Gasteiger partial charge in [-0.25, -0.2) is 4.57 Å². The molecule has 0 aliphatic rings. The average molecular weight is 390 g/mol. The SMILES string of the molecule is CCCCCCOC[C@@H](COP(=O)(O)OC)SC(=O)c1ccccc1. The molecule has 6 nitrogen and oxygen atoms in total. The van der Waals surface area contributed by atoms with Crippen LogP contribution in [0.25, 0.3) is 0 Å². The molecule has 8 heteroatoms. The van der Waals surface area contributed by atoms with E-state index in [-0.39, 0.29) is 18.3 Å². The summed E-state index contributed by atoms with van der Waals surface area (Å²) in [5, 5.41) is -0.525. The Labute approximate surface area is 153 Å². The molecule has 25 heavy (non-hydrogen) atoms. The zero-order valence-electron chi connectivity index (χ0n) is 14.8. The number of thioether (sulfide) groups is 1. The molecule has 1 aromatic rings. The van der Waals surface area contributed by atoms with E-state index >= 15 is 0 Å². The molecule has 1 N–H and O–H groups in total. The molecule has 0 radical (unpaired) electrons. The Morgan fingerprint density at radius 1 is 1.20 bits per heavy atom. The van der Waals surface area contributed by atoms with Crippen molar-refractivity contribution in [3.8, 4) is 0 Å². The van der Waals surface area contributed by atoms with Gasteiger partial charge in [0, 0.05) is 19.3 Å². The normalized spacial score (nSPS) is 14.8. The van der Waals surface area contributed by atoms with Crippen molar-refractivity contribution in [2.24, 2.45) is 0 Å². The minimum atomic E-state index is -4.08. The van der Waals surface area contributed by atoms with Crippen LogP contribution < -0.4 is 0 Å². The van der Waals surface area contributed by atoms with Crippen molar-refractivity contribution in [3.05, 3.63) is 35.9 Å². The Balaban J connectivity index is 2.51. The van der Waals surface area contributed by atoms with Gasteiger partial charge in [-0.05, 0) is 6.42 Å². The molecule has 0 aliphatic carbocycles. The molecule has 0 aliphatic heterocycles. The minimum Gasteiger partial charge on any atom is -0.380 e. The summed E-state index contributed by atoms with van der Waals surface area (Å²) in [6.45, 7) is 2.89.